The molecule has 1 heterocycles. The topological polar surface area (TPSA) is 64.1 Å². The summed E-state index contributed by atoms with van der Waals surface area (Å²) < 4.78 is 2.31. The van der Waals surface area contributed by atoms with Gasteiger partial charge in [-0.25, -0.2) is 4.98 Å². The molecule has 1 aromatic heterocycles. The molecule has 4 heteroatoms. The molecule has 0 saturated heterocycles. The van der Waals surface area contributed by atoms with E-state index in [0.717, 1.165) is 43.6 Å². The summed E-state index contributed by atoms with van der Waals surface area (Å²) in [6.07, 6.45) is 3.86. The lowest BCUT2D eigenvalue weighted by Crippen LogP contribution is -2.39. The standard InChI is InChI=1S/C16H25N3O/c1-3-15-18-13-8-4-5-9-14(13)19(15)11-7-6-10-16(2,17)12-20/h4-5,8-9,20H,3,6-7,10-12,17H2,1-2H3. The highest BCUT2D eigenvalue weighted by Gasteiger charge is 2.16. The molecule has 0 aliphatic heterocycles. The van der Waals surface area contributed by atoms with Gasteiger partial charge in [-0.15, -0.1) is 0 Å². The van der Waals surface area contributed by atoms with Crippen LogP contribution in [0.25, 0.3) is 11.0 Å². The summed E-state index contributed by atoms with van der Waals surface area (Å²) in [5.74, 6) is 1.14. The predicted molar refractivity (Wildman–Crippen MR) is 82.6 cm³/mol. The monoisotopic (exact) mass is 275 g/mol. The number of aliphatic hydroxyl groups is 1. The number of hydrogen-bond acceptors (Lipinski definition) is 3. The van der Waals surface area contributed by atoms with Crippen LogP contribution in [0, 0.1) is 0 Å². The van der Waals surface area contributed by atoms with E-state index in [2.05, 4.69) is 34.7 Å². The molecule has 110 valence electrons. The van der Waals surface area contributed by atoms with Crippen molar-refractivity contribution in [2.24, 2.45) is 5.73 Å². The molecule has 0 aliphatic carbocycles. The van der Waals surface area contributed by atoms with Crippen molar-refractivity contribution in [2.75, 3.05) is 6.61 Å². The number of nitrogens with two attached hydrogens (primary N) is 1. The molecule has 0 saturated carbocycles. The molecule has 4 nitrogen and oxygen atoms in total. The number of para-hydroxylation sites is 2. The number of fused-ring (bicyclic) bond motifs is 1. The van der Waals surface area contributed by atoms with Gasteiger partial charge in [-0.3, -0.25) is 0 Å². The zero-order valence-electron chi connectivity index (χ0n) is 12.5. The second-order valence-corrected chi connectivity index (χ2v) is 5.79. The SMILES string of the molecule is CCc1nc2ccccc2n1CCCCC(C)(N)CO. The minimum absolute atomic E-state index is 0.0429. The average molecular weight is 275 g/mol. The Morgan fingerprint density at radius 3 is 2.75 bits per heavy atom. The zero-order valence-corrected chi connectivity index (χ0v) is 12.5. The number of aliphatic hydroxyl groups excluding tert-OH is 1. The van der Waals surface area contributed by atoms with Crippen molar-refractivity contribution < 1.29 is 5.11 Å². The average Bonchev–Trinajstić information content (AvgIpc) is 2.81. The normalized spacial score (nSPS) is 14.6. The van der Waals surface area contributed by atoms with Gasteiger partial charge >= 0.3 is 0 Å². The molecule has 0 aliphatic rings. The van der Waals surface area contributed by atoms with Gasteiger partial charge in [0.25, 0.3) is 0 Å². The number of benzene rings is 1. The van der Waals surface area contributed by atoms with Crippen molar-refractivity contribution in [1.29, 1.82) is 0 Å². The number of aromatic nitrogens is 2. The van der Waals surface area contributed by atoms with E-state index >= 15 is 0 Å². The lowest BCUT2D eigenvalue weighted by atomic mass is 9.97. The highest BCUT2D eigenvalue weighted by Crippen LogP contribution is 2.18. The first-order valence-electron chi connectivity index (χ1n) is 7.41. The maximum atomic E-state index is 9.16. The first-order chi connectivity index (χ1) is 9.57. The number of imidazole rings is 1. The summed E-state index contributed by atoms with van der Waals surface area (Å²) in [5.41, 5.74) is 7.78. The van der Waals surface area contributed by atoms with Gasteiger partial charge in [-0.05, 0) is 38.3 Å². The van der Waals surface area contributed by atoms with Crippen LogP contribution < -0.4 is 5.73 Å². The van der Waals surface area contributed by atoms with E-state index in [1.807, 2.05) is 13.0 Å². The summed E-state index contributed by atoms with van der Waals surface area (Å²) in [6.45, 7) is 5.05. The summed E-state index contributed by atoms with van der Waals surface area (Å²) in [5, 5.41) is 9.16. The van der Waals surface area contributed by atoms with E-state index in [0.29, 0.717) is 0 Å². The van der Waals surface area contributed by atoms with Crippen LogP contribution in [0.5, 0.6) is 0 Å². The minimum atomic E-state index is -0.454. The number of nitrogens with zero attached hydrogens (tertiary/aromatic N) is 2. The highest BCUT2D eigenvalue weighted by molar-refractivity contribution is 5.75. The van der Waals surface area contributed by atoms with E-state index in [9.17, 15) is 0 Å². The fraction of sp³-hybridized carbons (Fsp3) is 0.562. The Morgan fingerprint density at radius 2 is 2.05 bits per heavy atom. The van der Waals surface area contributed by atoms with Gasteiger partial charge in [0.2, 0.25) is 0 Å². The summed E-state index contributed by atoms with van der Waals surface area (Å²) in [7, 11) is 0. The van der Waals surface area contributed by atoms with Gasteiger partial charge in [0, 0.05) is 18.5 Å². The number of hydrogen-bond donors (Lipinski definition) is 2. The largest absolute Gasteiger partial charge is 0.394 e. The molecule has 2 rings (SSSR count). The van der Waals surface area contributed by atoms with Gasteiger partial charge < -0.3 is 15.4 Å². The van der Waals surface area contributed by atoms with Crippen LogP contribution >= 0.6 is 0 Å². The Labute approximate surface area is 120 Å². The second-order valence-electron chi connectivity index (χ2n) is 5.79. The molecule has 0 spiro atoms. The molecule has 20 heavy (non-hydrogen) atoms. The molecular weight excluding hydrogens is 250 g/mol. The molecule has 0 amide bonds. The molecule has 1 unspecified atom stereocenters. The molecule has 1 aromatic carbocycles. The molecule has 0 fully saturated rings. The van der Waals surface area contributed by atoms with Gasteiger partial charge in [0.1, 0.15) is 5.82 Å². The Morgan fingerprint density at radius 1 is 1.30 bits per heavy atom. The van der Waals surface area contributed by atoms with Crippen LogP contribution in [0.15, 0.2) is 24.3 Å². The predicted octanol–water partition coefficient (Wildman–Crippen LogP) is 2.48. The van der Waals surface area contributed by atoms with Crippen molar-refractivity contribution >= 4 is 11.0 Å². The highest BCUT2D eigenvalue weighted by atomic mass is 16.3. The van der Waals surface area contributed by atoms with Gasteiger partial charge in [-0.1, -0.05) is 19.1 Å². The van der Waals surface area contributed by atoms with Gasteiger partial charge in [0.15, 0.2) is 0 Å². The van der Waals surface area contributed by atoms with Crippen LogP contribution in [0.3, 0.4) is 0 Å². The van der Waals surface area contributed by atoms with Crippen molar-refractivity contribution in [3.05, 3.63) is 30.1 Å². The van der Waals surface area contributed by atoms with Crippen LogP contribution in [0.1, 0.15) is 38.9 Å². The van der Waals surface area contributed by atoms with Crippen molar-refractivity contribution in [3.8, 4) is 0 Å². The van der Waals surface area contributed by atoms with E-state index in [1.165, 1.54) is 5.52 Å². The third-order valence-electron chi connectivity index (χ3n) is 3.79. The third-order valence-corrected chi connectivity index (χ3v) is 3.79. The van der Waals surface area contributed by atoms with E-state index < -0.39 is 5.54 Å². The lowest BCUT2D eigenvalue weighted by molar-refractivity contribution is 0.197. The minimum Gasteiger partial charge on any atom is -0.394 e. The van der Waals surface area contributed by atoms with Gasteiger partial charge in [-0.2, -0.15) is 0 Å². The fourth-order valence-electron chi connectivity index (χ4n) is 2.52. The summed E-state index contributed by atoms with van der Waals surface area (Å²) in [4.78, 5) is 4.67. The van der Waals surface area contributed by atoms with Crippen LogP contribution in [-0.2, 0) is 13.0 Å². The number of unbranched alkanes of at least 4 members (excludes halogenated alkanes) is 1. The smallest absolute Gasteiger partial charge is 0.109 e. The van der Waals surface area contributed by atoms with E-state index in [1.54, 1.807) is 0 Å². The fourth-order valence-corrected chi connectivity index (χ4v) is 2.52. The van der Waals surface area contributed by atoms with E-state index in [-0.39, 0.29) is 6.61 Å². The van der Waals surface area contributed by atoms with Gasteiger partial charge in [0.05, 0.1) is 17.6 Å². The second kappa shape index (κ2) is 6.37. The molecule has 2 aromatic rings. The zero-order chi connectivity index (χ0) is 14.6. The lowest BCUT2D eigenvalue weighted by Gasteiger charge is -2.21. The van der Waals surface area contributed by atoms with Crippen LogP contribution in [0.4, 0.5) is 0 Å². The molecule has 0 radical (unpaired) electrons. The first kappa shape index (κ1) is 15.0. The molecular formula is C16H25N3O. The molecule has 3 N–H and O–H groups in total. The Bertz CT molecular complexity index is 560. The summed E-state index contributed by atoms with van der Waals surface area (Å²) in [6, 6.07) is 8.28. The quantitative estimate of drug-likeness (QED) is 0.763. The van der Waals surface area contributed by atoms with Crippen LogP contribution in [-0.4, -0.2) is 26.8 Å². The Hall–Kier alpha value is -1.39. The molecule has 0 bridgehead atoms. The van der Waals surface area contributed by atoms with Crippen LogP contribution in [0.2, 0.25) is 0 Å². The van der Waals surface area contributed by atoms with Crippen molar-refractivity contribution in [2.45, 2.75) is 51.6 Å². The Balaban J connectivity index is 2.02. The number of aryl methyl sites for hydroxylation is 2. The van der Waals surface area contributed by atoms with E-state index in [4.69, 9.17) is 10.8 Å². The van der Waals surface area contributed by atoms with Crippen molar-refractivity contribution in [1.82, 2.24) is 9.55 Å². The maximum absolute atomic E-state index is 9.16. The Kier molecular flexibility index (Phi) is 4.78. The summed E-state index contributed by atoms with van der Waals surface area (Å²) >= 11 is 0. The first-order valence-corrected chi connectivity index (χ1v) is 7.41. The molecule has 1 atom stereocenters. The number of rotatable bonds is 7. The van der Waals surface area contributed by atoms with Crippen molar-refractivity contribution in [3.63, 3.8) is 0 Å². The third kappa shape index (κ3) is 3.38. The maximum Gasteiger partial charge on any atom is 0.109 e.